The van der Waals surface area contributed by atoms with Gasteiger partial charge in [0.15, 0.2) is 0 Å². The number of thiophene rings is 1. The number of halogens is 1. The number of anilines is 1. The summed E-state index contributed by atoms with van der Waals surface area (Å²) in [6.45, 7) is 4.64. The molecule has 0 saturated heterocycles. The maximum absolute atomic E-state index is 13.7. The molecule has 0 spiro atoms. The molecule has 0 unspecified atom stereocenters. The second-order valence-electron chi connectivity index (χ2n) is 5.16. The first kappa shape index (κ1) is 17.6. The molecule has 0 aliphatic heterocycles. The predicted octanol–water partition coefficient (Wildman–Crippen LogP) is 3.69. The van der Waals surface area contributed by atoms with Crippen LogP contribution in [0.4, 0.5) is 9.39 Å². The molecule has 1 amide bonds. The van der Waals surface area contributed by atoms with Gasteiger partial charge in [-0.1, -0.05) is 0 Å². The van der Waals surface area contributed by atoms with Crippen molar-refractivity contribution in [1.29, 1.82) is 5.26 Å². The predicted molar refractivity (Wildman–Crippen MR) is 88.3 cm³/mol. The Labute approximate surface area is 142 Å². The summed E-state index contributed by atoms with van der Waals surface area (Å²) in [4.78, 5) is 24.5. The summed E-state index contributed by atoms with van der Waals surface area (Å²) in [6.07, 6.45) is 0. The third-order valence-electron chi connectivity index (χ3n) is 3.41. The van der Waals surface area contributed by atoms with Crippen molar-refractivity contribution in [1.82, 2.24) is 0 Å². The number of hydrogen-bond acceptors (Lipinski definition) is 5. The quantitative estimate of drug-likeness (QED) is 0.856. The number of amides is 1. The average molecular weight is 346 g/mol. The van der Waals surface area contributed by atoms with Gasteiger partial charge < -0.3 is 10.1 Å². The number of carbonyl (C=O) groups is 2. The minimum Gasteiger partial charge on any atom is -0.457 e. The molecule has 0 aliphatic rings. The monoisotopic (exact) mass is 346 g/mol. The highest BCUT2D eigenvalue weighted by Gasteiger charge is 2.22. The van der Waals surface area contributed by atoms with Crippen molar-refractivity contribution in [3.8, 4) is 6.07 Å². The van der Waals surface area contributed by atoms with E-state index in [1.54, 1.807) is 6.92 Å². The zero-order valence-corrected chi connectivity index (χ0v) is 14.2. The van der Waals surface area contributed by atoms with Gasteiger partial charge in [0, 0.05) is 17.4 Å². The Morgan fingerprint density at radius 1 is 1.38 bits per heavy atom. The number of hydrogen-bond donors (Lipinski definition) is 1. The van der Waals surface area contributed by atoms with Crippen LogP contribution in [0.5, 0.6) is 0 Å². The smallest absolute Gasteiger partial charge is 0.341 e. The van der Waals surface area contributed by atoms with Gasteiger partial charge >= 0.3 is 5.97 Å². The Balaban J connectivity index is 2.22. The van der Waals surface area contributed by atoms with Crippen molar-refractivity contribution >= 4 is 28.2 Å². The third-order valence-corrected chi connectivity index (χ3v) is 4.54. The summed E-state index contributed by atoms with van der Waals surface area (Å²) in [5.74, 6) is -1.50. The first-order chi connectivity index (χ1) is 11.3. The maximum atomic E-state index is 13.7. The van der Waals surface area contributed by atoms with Gasteiger partial charge in [0.25, 0.3) is 0 Å². The van der Waals surface area contributed by atoms with E-state index in [0.29, 0.717) is 10.6 Å². The largest absolute Gasteiger partial charge is 0.457 e. The van der Waals surface area contributed by atoms with Crippen LogP contribution in [-0.2, 0) is 16.1 Å². The fraction of sp³-hybridized carbons (Fsp3) is 0.235. The van der Waals surface area contributed by atoms with Crippen molar-refractivity contribution in [2.75, 3.05) is 5.32 Å². The lowest BCUT2D eigenvalue weighted by Gasteiger charge is -2.08. The number of nitriles is 1. The molecule has 1 aromatic carbocycles. The summed E-state index contributed by atoms with van der Waals surface area (Å²) in [5.41, 5.74) is 1.38. The molecule has 2 aromatic rings. The highest BCUT2D eigenvalue weighted by atomic mass is 32.1. The van der Waals surface area contributed by atoms with Crippen LogP contribution in [0.25, 0.3) is 0 Å². The van der Waals surface area contributed by atoms with E-state index in [1.165, 1.54) is 30.4 Å². The van der Waals surface area contributed by atoms with Crippen LogP contribution in [0.1, 0.15) is 38.8 Å². The molecule has 0 bridgehead atoms. The Kier molecular flexibility index (Phi) is 5.31. The first-order valence-electron chi connectivity index (χ1n) is 7.06. The van der Waals surface area contributed by atoms with E-state index < -0.39 is 11.8 Å². The number of nitrogens with one attached hydrogen (secondary N) is 1. The molecule has 5 nitrogen and oxygen atoms in total. The zero-order valence-electron chi connectivity index (χ0n) is 13.4. The molecular formula is C17H15FN2O3S. The van der Waals surface area contributed by atoms with Crippen LogP contribution in [0.3, 0.4) is 0 Å². The van der Waals surface area contributed by atoms with E-state index in [2.05, 4.69) is 5.32 Å². The molecule has 124 valence electrons. The number of benzene rings is 1. The van der Waals surface area contributed by atoms with E-state index in [9.17, 15) is 14.0 Å². The number of nitrogens with zero attached hydrogens (tertiary/aromatic N) is 1. The molecule has 1 heterocycles. The normalized spacial score (nSPS) is 10.1. The Morgan fingerprint density at radius 3 is 2.71 bits per heavy atom. The molecule has 1 N–H and O–H groups in total. The number of carbonyl (C=O) groups excluding carboxylic acids is 2. The SMILES string of the molecule is CC(=O)Nc1sc(C)c(C)c1C(=O)OCc1cc(C#N)ccc1F. The van der Waals surface area contributed by atoms with Gasteiger partial charge in [-0.05, 0) is 37.6 Å². The van der Waals surface area contributed by atoms with Gasteiger partial charge in [-0.15, -0.1) is 11.3 Å². The summed E-state index contributed by atoms with van der Waals surface area (Å²) < 4.78 is 18.9. The maximum Gasteiger partial charge on any atom is 0.341 e. The molecule has 7 heteroatoms. The summed E-state index contributed by atoms with van der Waals surface area (Å²) in [7, 11) is 0. The lowest BCUT2D eigenvalue weighted by molar-refractivity contribution is -0.114. The third kappa shape index (κ3) is 3.78. The Morgan fingerprint density at radius 2 is 2.08 bits per heavy atom. The van der Waals surface area contributed by atoms with Crippen molar-refractivity contribution in [2.45, 2.75) is 27.4 Å². The van der Waals surface area contributed by atoms with Gasteiger partial charge in [0.1, 0.15) is 17.4 Å². The number of aryl methyl sites for hydroxylation is 1. The van der Waals surface area contributed by atoms with E-state index in [-0.39, 0.29) is 29.2 Å². The van der Waals surface area contributed by atoms with E-state index in [4.69, 9.17) is 10.00 Å². The second kappa shape index (κ2) is 7.23. The molecule has 0 aliphatic carbocycles. The zero-order chi connectivity index (χ0) is 17.9. The van der Waals surface area contributed by atoms with E-state index in [0.717, 1.165) is 10.9 Å². The molecule has 0 fully saturated rings. The van der Waals surface area contributed by atoms with Gasteiger partial charge in [0.05, 0.1) is 17.2 Å². The topological polar surface area (TPSA) is 79.2 Å². The van der Waals surface area contributed by atoms with E-state index >= 15 is 0 Å². The lowest BCUT2D eigenvalue weighted by Crippen LogP contribution is -2.12. The van der Waals surface area contributed by atoms with Crippen LogP contribution in [-0.4, -0.2) is 11.9 Å². The van der Waals surface area contributed by atoms with Crippen molar-refractivity contribution < 1.29 is 18.7 Å². The van der Waals surface area contributed by atoms with Gasteiger partial charge in [-0.25, -0.2) is 9.18 Å². The fourth-order valence-electron chi connectivity index (χ4n) is 2.09. The fourth-order valence-corrected chi connectivity index (χ4v) is 3.19. The van der Waals surface area contributed by atoms with Gasteiger partial charge in [0.2, 0.25) is 5.91 Å². The van der Waals surface area contributed by atoms with Gasteiger partial charge in [-0.3, -0.25) is 4.79 Å². The minimum atomic E-state index is -0.651. The molecular weight excluding hydrogens is 331 g/mol. The molecule has 0 atom stereocenters. The minimum absolute atomic E-state index is 0.119. The van der Waals surface area contributed by atoms with Gasteiger partial charge in [-0.2, -0.15) is 5.26 Å². The molecule has 1 aromatic heterocycles. The number of ether oxygens (including phenoxy) is 1. The van der Waals surface area contributed by atoms with Crippen molar-refractivity contribution in [3.05, 3.63) is 51.1 Å². The van der Waals surface area contributed by atoms with Crippen molar-refractivity contribution in [3.63, 3.8) is 0 Å². The lowest BCUT2D eigenvalue weighted by atomic mass is 10.1. The highest BCUT2D eigenvalue weighted by Crippen LogP contribution is 2.33. The first-order valence-corrected chi connectivity index (χ1v) is 7.88. The summed E-state index contributed by atoms with van der Waals surface area (Å²) in [6, 6.07) is 5.75. The molecule has 24 heavy (non-hydrogen) atoms. The van der Waals surface area contributed by atoms with Crippen LogP contribution in [0.15, 0.2) is 18.2 Å². The van der Waals surface area contributed by atoms with Crippen molar-refractivity contribution in [2.24, 2.45) is 0 Å². The standard InChI is InChI=1S/C17H15FN2O3S/c1-9-10(2)24-16(20-11(3)21)15(9)17(22)23-8-13-6-12(7-19)4-5-14(13)18/h4-6H,8H2,1-3H3,(H,20,21). The summed E-state index contributed by atoms with van der Waals surface area (Å²) >= 11 is 1.28. The molecule has 0 radical (unpaired) electrons. The number of esters is 1. The summed E-state index contributed by atoms with van der Waals surface area (Å²) in [5, 5.41) is 11.9. The second-order valence-corrected chi connectivity index (χ2v) is 6.39. The Bertz CT molecular complexity index is 852. The van der Waals surface area contributed by atoms with Crippen LogP contribution in [0.2, 0.25) is 0 Å². The van der Waals surface area contributed by atoms with Crippen LogP contribution >= 0.6 is 11.3 Å². The Hall–Kier alpha value is -2.72. The average Bonchev–Trinajstić information content (AvgIpc) is 2.80. The van der Waals surface area contributed by atoms with E-state index in [1.807, 2.05) is 13.0 Å². The van der Waals surface area contributed by atoms with Crippen LogP contribution < -0.4 is 5.32 Å². The molecule has 0 saturated carbocycles. The highest BCUT2D eigenvalue weighted by molar-refractivity contribution is 7.16. The number of rotatable bonds is 4. The van der Waals surface area contributed by atoms with Crippen LogP contribution in [0, 0.1) is 31.0 Å². The molecule has 2 rings (SSSR count).